The molecule has 0 amide bonds. The maximum atomic E-state index is 11.8. The van der Waals surface area contributed by atoms with E-state index in [1.54, 1.807) is 37.5 Å². The average molecular weight is 371 g/mol. The Morgan fingerprint density at radius 3 is 2.69 bits per heavy atom. The fraction of sp³-hybridized carbons (Fsp3) is 0.105. The second-order valence-corrected chi connectivity index (χ2v) is 5.63. The first-order valence-electron chi connectivity index (χ1n) is 7.72. The zero-order valence-corrected chi connectivity index (χ0v) is 14.6. The van der Waals surface area contributed by atoms with Crippen molar-refractivity contribution in [2.24, 2.45) is 0 Å². The van der Waals surface area contributed by atoms with Crippen molar-refractivity contribution in [1.82, 2.24) is 10.2 Å². The Bertz CT molecular complexity index is 919. The van der Waals surface area contributed by atoms with Crippen LogP contribution in [0.5, 0.6) is 5.75 Å². The van der Waals surface area contributed by atoms with Crippen LogP contribution in [0.4, 0.5) is 0 Å². The highest BCUT2D eigenvalue weighted by Gasteiger charge is 2.10. The summed E-state index contributed by atoms with van der Waals surface area (Å²) in [6.45, 7) is -0.115. The van der Waals surface area contributed by atoms with E-state index in [0.717, 1.165) is 11.1 Å². The summed E-state index contributed by atoms with van der Waals surface area (Å²) < 4.78 is 15.8. The first-order valence-corrected chi connectivity index (χ1v) is 8.09. The predicted molar refractivity (Wildman–Crippen MR) is 96.6 cm³/mol. The third-order valence-corrected chi connectivity index (χ3v) is 3.69. The molecule has 0 aliphatic heterocycles. The second kappa shape index (κ2) is 8.31. The number of rotatable bonds is 6. The number of benzene rings is 2. The van der Waals surface area contributed by atoms with Gasteiger partial charge in [0.2, 0.25) is 5.89 Å². The molecule has 0 unspecified atom stereocenters. The van der Waals surface area contributed by atoms with Crippen molar-refractivity contribution in [2.75, 3.05) is 7.11 Å². The summed E-state index contributed by atoms with van der Waals surface area (Å²) in [5.74, 6) is 0.675. The third-order valence-electron chi connectivity index (χ3n) is 3.43. The molecule has 1 aromatic heterocycles. The molecule has 1 heterocycles. The fourth-order valence-electron chi connectivity index (χ4n) is 2.16. The van der Waals surface area contributed by atoms with Gasteiger partial charge < -0.3 is 13.9 Å². The molecule has 132 valence electrons. The van der Waals surface area contributed by atoms with Gasteiger partial charge in [-0.25, -0.2) is 4.79 Å². The first-order chi connectivity index (χ1) is 12.7. The number of methoxy groups -OCH3 is 1. The molecule has 0 radical (unpaired) electrons. The van der Waals surface area contributed by atoms with Gasteiger partial charge >= 0.3 is 5.97 Å². The van der Waals surface area contributed by atoms with Crippen molar-refractivity contribution >= 4 is 23.6 Å². The molecule has 0 N–H and O–H groups in total. The minimum absolute atomic E-state index is 0.115. The van der Waals surface area contributed by atoms with Crippen molar-refractivity contribution < 1.29 is 18.7 Å². The van der Waals surface area contributed by atoms with Gasteiger partial charge in [0.05, 0.1) is 7.11 Å². The Labute approximate surface area is 155 Å². The molecule has 3 rings (SSSR count). The number of nitrogens with zero attached hydrogens (tertiary/aromatic N) is 2. The second-order valence-electron chi connectivity index (χ2n) is 5.19. The van der Waals surface area contributed by atoms with E-state index in [0.29, 0.717) is 16.7 Å². The normalized spacial score (nSPS) is 10.8. The molecule has 7 heteroatoms. The third kappa shape index (κ3) is 4.49. The Morgan fingerprint density at radius 2 is 1.92 bits per heavy atom. The maximum absolute atomic E-state index is 11.8. The standard InChI is InChI=1S/C19H15ClN2O4/c1-24-16-5-3-2-4-13(16)8-11-18(23)25-12-17-21-22-19(26-17)14-6-9-15(20)10-7-14/h2-11H,12H2,1H3/b11-8+. The van der Waals surface area contributed by atoms with Crippen LogP contribution >= 0.6 is 11.6 Å². The van der Waals surface area contributed by atoms with Crippen LogP contribution < -0.4 is 4.74 Å². The predicted octanol–water partition coefficient (Wildman–Crippen LogP) is 4.16. The average Bonchev–Trinajstić information content (AvgIpc) is 3.14. The summed E-state index contributed by atoms with van der Waals surface area (Å²) >= 11 is 5.84. The van der Waals surface area contributed by atoms with E-state index < -0.39 is 5.97 Å². The largest absolute Gasteiger partial charge is 0.496 e. The van der Waals surface area contributed by atoms with Crippen LogP contribution in [0.25, 0.3) is 17.5 Å². The van der Waals surface area contributed by atoms with Crippen LogP contribution in [0, 0.1) is 0 Å². The van der Waals surface area contributed by atoms with Gasteiger partial charge in [-0.2, -0.15) is 0 Å². The summed E-state index contributed by atoms with van der Waals surface area (Å²) in [5, 5.41) is 8.40. The molecule has 0 saturated carbocycles. The summed E-state index contributed by atoms with van der Waals surface area (Å²) in [6.07, 6.45) is 2.93. The molecular formula is C19H15ClN2O4. The SMILES string of the molecule is COc1ccccc1/C=C/C(=O)OCc1nnc(-c2ccc(Cl)cc2)o1. The highest BCUT2D eigenvalue weighted by atomic mass is 35.5. The Hall–Kier alpha value is -3.12. The topological polar surface area (TPSA) is 74.5 Å². The molecule has 0 fully saturated rings. The Morgan fingerprint density at radius 1 is 1.15 bits per heavy atom. The van der Waals surface area contributed by atoms with Gasteiger partial charge in [0.15, 0.2) is 6.61 Å². The lowest BCUT2D eigenvalue weighted by Crippen LogP contribution is -2.01. The number of halogens is 1. The zero-order valence-electron chi connectivity index (χ0n) is 13.9. The van der Waals surface area contributed by atoms with Gasteiger partial charge in [-0.15, -0.1) is 10.2 Å². The minimum atomic E-state index is -0.526. The number of hydrogen-bond donors (Lipinski definition) is 0. The van der Waals surface area contributed by atoms with Crippen LogP contribution in [-0.4, -0.2) is 23.3 Å². The molecule has 0 atom stereocenters. The lowest BCUT2D eigenvalue weighted by atomic mass is 10.2. The zero-order chi connectivity index (χ0) is 18.4. The minimum Gasteiger partial charge on any atom is -0.496 e. The summed E-state index contributed by atoms with van der Waals surface area (Å²) in [4.78, 5) is 11.8. The highest BCUT2D eigenvalue weighted by molar-refractivity contribution is 6.30. The van der Waals surface area contributed by atoms with Crippen LogP contribution in [0.15, 0.2) is 59.0 Å². The molecule has 2 aromatic carbocycles. The van der Waals surface area contributed by atoms with E-state index in [1.165, 1.54) is 6.08 Å². The quantitative estimate of drug-likeness (QED) is 0.479. The van der Waals surface area contributed by atoms with Crippen LogP contribution in [0.2, 0.25) is 5.02 Å². The Balaban J connectivity index is 1.58. The smallest absolute Gasteiger partial charge is 0.331 e. The molecule has 0 bridgehead atoms. The number of esters is 1. The molecule has 0 aliphatic carbocycles. The molecule has 0 aliphatic rings. The fourth-order valence-corrected chi connectivity index (χ4v) is 2.29. The van der Waals surface area contributed by atoms with Crippen molar-refractivity contribution in [3.63, 3.8) is 0 Å². The molecule has 0 saturated heterocycles. The molecular weight excluding hydrogens is 356 g/mol. The summed E-state index contributed by atoms with van der Waals surface area (Å²) in [7, 11) is 1.57. The summed E-state index contributed by atoms with van der Waals surface area (Å²) in [5.41, 5.74) is 1.50. The van der Waals surface area contributed by atoms with Gasteiger partial charge in [-0.1, -0.05) is 29.8 Å². The number of ether oxygens (including phenoxy) is 2. The van der Waals surface area contributed by atoms with E-state index in [1.807, 2.05) is 24.3 Å². The first kappa shape index (κ1) is 17.7. The molecule has 6 nitrogen and oxygen atoms in total. The van der Waals surface area contributed by atoms with E-state index >= 15 is 0 Å². The van der Waals surface area contributed by atoms with E-state index in [2.05, 4.69) is 10.2 Å². The number of carbonyl (C=O) groups is 1. The van der Waals surface area contributed by atoms with E-state index in [9.17, 15) is 4.79 Å². The van der Waals surface area contributed by atoms with Crippen molar-refractivity contribution in [3.05, 3.63) is 71.1 Å². The molecule has 0 spiro atoms. The number of hydrogen-bond acceptors (Lipinski definition) is 6. The highest BCUT2D eigenvalue weighted by Crippen LogP contribution is 2.21. The van der Waals surface area contributed by atoms with Crippen molar-refractivity contribution in [2.45, 2.75) is 6.61 Å². The van der Waals surface area contributed by atoms with Crippen LogP contribution in [0.1, 0.15) is 11.5 Å². The van der Waals surface area contributed by atoms with E-state index in [-0.39, 0.29) is 12.5 Å². The number of carbonyl (C=O) groups excluding carboxylic acids is 1. The van der Waals surface area contributed by atoms with Crippen LogP contribution in [0.3, 0.4) is 0 Å². The lowest BCUT2D eigenvalue weighted by Gasteiger charge is -2.03. The molecule has 3 aromatic rings. The molecule has 26 heavy (non-hydrogen) atoms. The van der Waals surface area contributed by atoms with Crippen molar-refractivity contribution in [1.29, 1.82) is 0 Å². The number of para-hydroxylation sites is 1. The van der Waals surface area contributed by atoms with E-state index in [4.69, 9.17) is 25.5 Å². The van der Waals surface area contributed by atoms with Crippen LogP contribution in [-0.2, 0) is 16.1 Å². The summed E-state index contributed by atoms with van der Waals surface area (Å²) in [6, 6.07) is 14.3. The number of aromatic nitrogens is 2. The van der Waals surface area contributed by atoms with Gasteiger partial charge in [0.25, 0.3) is 5.89 Å². The van der Waals surface area contributed by atoms with Gasteiger partial charge in [0, 0.05) is 22.2 Å². The van der Waals surface area contributed by atoms with Gasteiger partial charge in [0.1, 0.15) is 5.75 Å². The maximum Gasteiger partial charge on any atom is 0.331 e. The lowest BCUT2D eigenvalue weighted by molar-refractivity contribution is -0.139. The Kier molecular flexibility index (Phi) is 5.66. The van der Waals surface area contributed by atoms with Gasteiger partial charge in [-0.3, -0.25) is 0 Å². The monoisotopic (exact) mass is 370 g/mol. The van der Waals surface area contributed by atoms with Crippen molar-refractivity contribution in [3.8, 4) is 17.2 Å². The van der Waals surface area contributed by atoms with Gasteiger partial charge in [-0.05, 0) is 36.4 Å².